The van der Waals surface area contributed by atoms with Gasteiger partial charge in [-0.05, 0) is 24.3 Å². The molecule has 0 saturated carbocycles. The van der Waals surface area contributed by atoms with E-state index in [2.05, 4.69) is 5.32 Å². The number of hydrogen-bond donors (Lipinski definition) is 1. The number of rotatable bonds is 3. The molecule has 0 atom stereocenters. The minimum absolute atomic E-state index is 0.226. The Hall–Kier alpha value is -2.88. The number of fused-ring (bicyclic) bond motifs is 1. The Kier molecular flexibility index (Phi) is 3.28. The first kappa shape index (κ1) is 13.1. The Labute approximate surface area is 122 Å². The van der Waals surface area contributed by atoms with Gasteiger partial charge in [0.15, 0.2) is 5.78 Å². The molecule has 1 heterocycles. The predicted molar refractivity (Wildman–Crippen MR) is 80.4 cm³/mol. The minimum atomic E-state index is -0.257. The van der Waals surface area contributed by atoms with Crippen molar-refractivity contribution in [2.24, 2.45) is 0 Å². The fourth-order valence-corrected chi connectivity index (χ4v) is 2.27. The molecule has 1 amide bonds. The van der Waals surface area contributed by atoms with E-state index in [4.69, 9.17) is 4.74 Å². The fourth-order valence-electron chi connectivity index (χ4n) is 2.27. The molecule has 0 unspecified atom stereocenters. The van der Waals surface area contributed by atoms with E-state index in [-0.39, 0.29) is 11.7 Å². The summed E-state index contributed by atoms with van der Waals surface area (Å²) in [6, 6.07) is 14.2. The first-order valence-electron chi connectivity index (χ1n) is 6.50. The molecule has 3 rings (SSSR count). The van der Waals surface area contributed by atoms with E-state index >= 15 is 0 Å². The normalized spacial score (nSPS) is 14.7. The van der Waals surface area contributed by atoms with Gasteiger partial charge in [-0.25, -0.2) is 0 Å². The van der Waals surface area contributed by atoms with E-state index in [0.717, 1.165) is 11.3 Å². The molecule has 1 aliphatic rings. The quantitative estimate of drug-likeness (QED) is 0.694. The van der Waals surface area contributed by atoms with E-state index in [0.29, 0.717) is 16.9 Å². The lowest BCUT2D eigenvalue weighted by Gasteiger charge is -2.02. The standard InChI is InChI=1S/C17H13NO3/c1-21-12-6-4-5-11(9-12)16(19)10-14-13-7-2-3-8-15(13)18-17(14)20/h2-10H,1H3,(H,18,20)/b14-10-. The number of ketones is 1. The molecular formula is C17H13NO3. The Morgan fingerprint density at radius 3 is 2.76 bits per heavy atom. The van der Waals surface area contributed by atoms with Gasteiger partial charge in [0, 0.05) is 16.8 Å². The molecule has 2 aromatic rings. The third kappa shape index (κ3) is 2.43. The zero-order valence-electron chi connectivity index (χ0n) is 11.4. The summed E-state index contributed by atoms with van der Waals surface area (Å²) in [5.41, 5.74) is 2.35. The fraction of sp³-hybridized carbons (Fsp3) is 0.0588. The predicted octanol–water partition coefficient (Wildman–Crippen LogP) is 2.91. The van der Waals surface area contributed by atoms with Gasteiger partial charge >= 0.3 is 0 Å². The molecule has 0 spiro atoms. The van der Waals surface area contributed by atoms with Crippen LogP contribution in [-0.4, -0.2) is 18.8 Å². The van der Waals surface area contributed by atoms with Gasteiger partial charge in [0.05, 0.1) is 12.7 Å². The van der Waals surface area contributed by atoms with Gasteiger partial charge in [0.1, 0.15) is 5.75 Å². The molecule has 1 N–H and O–H groups in total. The largest absolute Gasteiger partial charge is 0.497 e. The van der Waals surface area contributed by atoms with Crippen molar-refractivity contribution in [1.29, 1.82) is 0 Å². The molecule has 0 aliphatic carbocycles. The second-order valence-electron chi connectivity index (χ2n) is 4.65. The van der Waals surface area contributed by atoms with Gasteiger partial charge in [0.2, 0.25) is 0 Å². The maximum Gasteiger partial charge on any atom is 0.256 e. The number of nitrogens with one attached hydrogen (secondary N) is 1. The Morgan fingerprint density at radius 1 is 1.14 bits per heavy atom. The first-order chi connectivity index (χ1) is 10.2. The molecule has 4 nitrogen and oxygen atoms in total. The summed E-state index contributed by atoms with van der Waals surface area (Å²) in [4.78, 5) is 24.3. The van der Waals surface area contributed by atoms with Crippen molar-refractivity contribution in [2.75, 3.05) is 12.4 Å². The highest BCUT2D eigenvalue weighted by Crippen LogP contribution is 2.31. The number of para-hydroxylation sites is 1. The molecule has 4 heteroatoms. The number of amides is 1. The summed E-state index contributed by atoms with van der Waals surface area (Å²) in [7, 11) is 1.54. The van der Waals surface area contributed by atoms with Gasteiger partial charge in [-0.15, -0.1) is 0 Å². The number of benzene rings is 2. The molecular weight excluding hydrogens is 266 g/mol. The van der Waals surface area contributed by atoms with Crippen LogP contribution in [0.1, 0.15) is 15.9 Å². The highest BCUT2D eigenvalue weighted by atomic mass is 16.5. The van der Waals surface area contributed by atoms with Crippen molar-refractivity contribution in [3.8, 4) is 5.75 Å². The van der Waals surface area contributed by atoms with Gasteiger partial charge in [-0.2, -0.15) is 0 Å². The topological polar surface area (TPSA) is 55.4 Å². The van der Waals surface area contributed by atoms with Gasteiger partial charge < -0.3 is 10.1 Å². The second-order valence-corrected chi connectivity index (χ2v) is 4.65. The summed E-state index contributed by atoms with van der Waals surface area (Å²) < 4.78 is 5.10. The smallest absolute Gasteiger partial charge is 0.256 e. The number of ether oxygens (including phenoxy) is 1. The average Bonchev–Trinajstić information content (AvgIpc) is 2.83. The zero-order valence-corrected chi connectivity index (χ0v) is 11.4. The van der Waals surface area contributed by atoms with Gasteiger partial charge in [-0.1, -0.05) is 30.3 Å². The van der Waals surface area contributed by atoms with Crippen LogP contribution in [0.5, 0.6) is 5.75 Å². The van der Waals surface area contributed by atoms with Crippen LogP contribution in [0.4, 0.5) is 5.69 Å². The van der Waals surface area contributed by atoms with Crippen LogP contribution >= 0.6 is 0 Å². The van der Waals surface area contributed by atoms with Crippen molar-refractivity contribution < 1.29 is 14.3 Å². The molecule has 0 radical (unpaired) electrons. The number of anilines is 1. The lowest BCUT2D eigenvalue weighted by atomic mass is 10.0. The van der Waals surface area contributed by atoms with Crippen LogP contribution < -0.4 is 10.1 Å². The summed E-state index contributed by atoms with van der Waals surface area (Å²) in [5, 5.41) is 2.74. The average molecular weight is 279 g/mol. The molecule has 0 fully saturated rings. The molecule has 2 aromatic carbocycles. The van der Waals surface area contributed by atoms with Crippen LogP contribution in [0.2, 0.25) is 0 Å². The number of hydrogen-bond acceptors (Lipinski definition) is 3. The summed E-state index contributed by atoms with van der Waals surface area (Å²) >= 11 is 0. The lowest BCUT2D eigenvalue weighted by molar-refractivity contribution is -0.110. The monoisotopic (exact) mass is 279 g/mol. The van der Waals surface area contributed by atoms with Crippen molar-refractivity contribution in [1.82, 2.24) is 0 Å². The third-order valence-electron chi connectivity index (χ3n) is 3.34. The van der Waals surface area contributed by atoms with E-state index in [1.807, 2.05) is 24.3 Å². The highest BCUT2D eigenvalue weighted by Gasteiger charge is 2.24. The van der Waals surface area contributed by atoms with E-state index in [9.17, 15) is 9.59 Å². The molecule has 0 bridgehead atoms. The molecule has 104 valence electrons. The van der Waals surface area contributed by atoms with Crippen LogP contribution in [0.3, 0.4) is 0 Å². The van der Waals surface area contributed by atoms with Crippen molar-refractivity contribution in [2.45, 2.75) is 0 Å². The lowest BCUT2D eigenvalue weighted by Crippen LogP contribution is -2.06. The van der Waals surface area contributed by atoms with Gasteiger partial charge in [-0.3, -0.25) is 9.59 Å². The summed E-state index contributed by atoms with van der Waals surface area (Å²) in [6.45, 7) is 0. The third-order valence-corrected chi connectivity index (χ3v) is 3.34. The molecule has 1 aliphatic heterocycles. The molecule has 0 aromatic heterocycles. The molecule has 21 heavy (non-hydrogen) atoms. The minimum Gasteiger partial charge on any atom is -0.497 e. The number of allylic oxidation sites excluding steroid dienone is 1. The van der Waals surface area contributed by atoms with Crippen LogP contribution in [0, 0.1) is 0 Å². The van der Waals surface area contributed by atoms with Crippen LogP contribution in [0.25, 0.3) is 5.57 Å². The Bertz CT molecular complexity index is 762. The van der Waals surface area contributed by atoms with Crippen molar-refractivity contribution in [3.05, 3.63) is 65.7 Å². The number of carbonyl (C=O) groups excluding carboxylic acids is 2. The Morgan fingerprint density at radius 2 is 1.95 bits per heavy atom. The SMILES string of the molecule is COc1cccc(C(=O)/C=C2\C(=O)Nc3ccccc32)c1. The van der Waals surface area contributed by atoms with E-state index in [1.165, 1.54) is 6.08 Å². The molecule has 0 saturated heterocycles. The van der Waals surface area contributed by atoms with Crippen molar-refractivity contribution >= 4 is 23.0 Å². The van der Waals surface area contributed by atoms with Crippen molar-refractivity contribution in [3.63, 3.8) is 0 Å². The first-order valence-corrected chi connectivity index (χ1v) is 6.50. The summed E-state index contributed by atoms with van der Waals surface area (Å²) in [6.07, 6.45) is 1.37. The second kappa shape index (κ2) is 5.25. The van der Waals surface area contributed by atoms with E-state index < -0.39 is 0 Å². The highest BCUT2D eigenvalue weighted by molar-refractivity contribution is 6.35. The Balaban J connectivity index is 1.98. The van der Waals surface area contributed by atoms with E-state index in [1.54, 1.807) is 31.4 Å². The summed E-state index contributed by atoms with van der Waals surface area (Å²) in [5.74, 6) is 0.124. The number of carbonyl (C=O) groups is 2. The zero-order chi connectivity index (χ0) is 14.8. The van der Waals surface area contributed by atoms with Gasteiger partial charge in [0.25, 0.3) is 5.91 Å². The maximum atomic E-state index is 12.3. The maximum absolute atomic E-state index is 12.3. The number of methoxy groups -OCH3 is 1. The van der Waals surface area contributed by atoms with Crippen LogP contribution in [-0.2, 0) is 4.79 Å². The van der Waals surface area contributed by atoms with Crippen LogP contribution in [0.15, 0.2) is 54.6 Å².